The van der Waals surface area contributed by atoms with Crippen molar-refractivity contribution in [2.24, 2.45) is 0 Å². The molecule has 1 atom stereocenters. The molecular weight excluding hydrogens is 153 g/mol. The van der Waals surface area contributed by atoms with E-state index in [-0.39, 0.29) is 0 Å². The van der Waals surface area contributed by atoms with E-state index in [1.54, 1.807) is 0 Å². The van der Waals surface area contributed by atoms with Crippen LogP contribution in [0, 0.1) is 0 Å². The van der Waals surface area contributed by atoms with Gasteiger partial charge in [0.25, 0.3) is 0 Å². The fraction of sp³-hybridized carbons (Fsp3) is 0.800. The smallest absolute Gasteiger partial charge is 0.104 e. The quantitative estimate of drug-likeness (QED) is 0.461. The summed E-state index contributed by atoms with van der Waals surface area (Å²) < 4.78 is 12.9. The first kappa shape index (κ1) is 11.6. The van der Waals surface area contributed by atoms with Crippen molar-refractivity contribution in [1.29, 1.82) is 0 Å². The second kappa shape index (κ2) is 8.72. The zero-order chi connectivity index (χ0) is 9.23. The Bertz CT molecular complexity index is 112. The van der Waals surface area contributed by atoms with Crippen LogP contribution in [0.4, 0.5) is 4.39 Å². The molecule has 0 fully saturated rings. The number of alkyl halides is 1. The van der Waals surface area contributed by atoms with Crippen LogP contribution in [0.1, 0.15) is 33.1 Å². The van der Waals surface area contributed by atoms with Gasteiger partial charge in [0.05, 0.1) is 0 Å². The van der Waals surface area contributed by atoms with Crippen molar-refractivity contribution in [1.82, 2.24) is 5.32 Å². The maximum atomic E-state index is 12.9. The molecule has 0 radical (unpaired) electrons. The van der Waals surface area contributed by atoms with E-state index in [2.05, 4.69) is 12.2 Å². The van der Waals surface area contributed by atoms with Gasteiger partial charge >= 0.3 is 0 Å². The minimum Gasteiger partial charge on any atom is -0.317 e. The Kier molecular flexibility index (Phi) is 8.46. The summed E-state index contributed by atoms with van der Waals surface area (Å²) in [6.07, 6.45) is 5.32. The summed E-state index contributed by atoms with van der Waals surface area (Å²) in [6.45, 7) is 5.90. The van der Waals surface area contributed by atoms with Gasteiger partial charge in [-0.3, -0.25) is 0 Å². The molecule has 0 aliphatic carbocycles. The zero-order valence-corrected chi connectivity index (χ0v) is 8.15. The normalized spacial score (nSPS) is 13.9. The summed E-state index contributed by atoms with van der Waals surface area (Å²) in [5.74, 6) is 0. The maximum Gasteiger partial charge on any atom is 0.104 e. The van der Waals surface area contributed by atoms with Crippen molar-refractivity contribution in [2.45, 2.75) is 39.3 Å². The van der Waals surface area contributed by atoms with Crippen LogP contribution >= 0.6 is 0 Å². The molecule has 1 nitrogen and oxygen atoms in total. The molecule has 0 heterocycles. The van der Waals surface area contributed by atoms with Crippen LogP contribution in [0.25, 0.3) is 0 Å². The molecule has 0 saturated heterocycles. The lowest BCUT2D eigenvalue weighted by Crippen LogP contribution is -2.15. The largest absolute Gasteiger partial charge is 0.317 e. The molecule has 1 unspecified atom stereocenters. The molecule has 0 saturated carbocycles. The third-order valence-electron chi connectivity index (χ3n) is 1.75. The molecule has 12 heavy (non-hydrogen) atoms. The molecule has 1 N–H and O–H groups in total. The lowest BCUT2D eigenvalue weighted by atomic mass is 10.1. The Morgan fingerprint density at radius 3 is 2.83 bits per heavy atom. The third-order valence-corrected chi connectivity index (χ3v) is 1.75. The van der Waals surface area contributed by atoms with E-state index >= 15 is 0 Å². The summed E-state index contributed by atoms with van der Waals surface area (Å²) in [5.41, 5.74) is 0. The molecule has 0 spiro atoms. The molecule has 0 aromatic rings. The average Bonchev–Trinajstić information content (AvgIpc) is 2.09. The van der Waals surface area contributed by atoms with Crippen molar-refractivity contribution < 1.29 is 4.39 Å². The van der Waals surface area contributed by atoms with Gasteiger partial charge in [-0.1, -0.05) is 19.1 Å². The predicted octanol–water partition coefficient (Wildman–Crippen LogP) is 2.68. The van der Waals surface area contributed by atoms with E-state index in [1.165, 1.54) is 0 Å². The Hall–Kier alpha value is -0.370. The van der Waals surface area contributed by atoms with Crippen LogP contribution in [-0.4, -0.2) is 19.3 Å². The van der Waals surface area contributed by atoms with E-state index in [0.29, 0.717) is 12.8 Å². The molecule has 0 aromatic carbocycles. The van der Waals surface area contributed by atoms with E-state index < -0.39 is 6.17 Å². The number of halogens is 1. The standard InChI is InChI=1S/C10H20FN/c1-3-5-7-10(11)8-6-9-12-4-2/h3,5,10,12H,4,6-9H2,1-2H3/b5-3-. The molecular formula is C10H20FN. The van der Waals surface area contributed by atoms with Crippen molar-refractivity contribution in [3.63, 3.8) is 0 Å². The van der Waals surface area contributed by atoms with Crippen molar-refractivity contribution >= 4 is 0 Å². The van der Waals surface area contributed by atoms with Gasteiger partial charge in [0.15, 0.2) is 0 Å². The second-order valence-corrected chi connectivity index (χ2v) is 2.90. The highest BCUT2D eigenvalue weighted by molar-refractivity contribution is 4.80. The number of rotatable bonds is 7. The van der Waals surface area contributed by atoms with E-state index in [0.717, 1.165) is 19.5 Å². The summed E-state index contributed by atoms with van der Waals surface area (Å²) in [4.78, 5) is 0. The minimum absolute atomic E-state index is 0.572. The van der Waals surface area contributed by atoms with Gasteiger partial charge in [0.2, 0.25) is 0 Å². The van der Waals surface area contributed by atoms with Crippen molar-refractivity contribution in [2.75, 3.05) is 13.1 Å². The fourth-order valence-electron chi connectivity index (χ4n) is 1.03. The van der Waals surface area contributed by atoms with Crippen LogP contribution in [0.15, 0.2) is 12.2 Å². The van der Waals surface area contributed by atoms with Crippen LogP contribution in [0.5, 0.6) is 0 Å². The van der Waals surface area contributed by atoms with Crippen molar-refractivity contribution in [3.8, 4) is 0 Å². The minimum atomic E-state index is -0.653. The molecule has 2 heteroatoms. The van der Waals surface area contributed by atoms with E-state index in [9.17, 15) is 4.39 Å². The highest BCUT2D eigenvalue weighted by atomic mass is 19.1. The number of hydrogen-bond acceptors (Lipinski definition) is 1. The monoisotopic (exact) mass is 173 g/mol. The summed E-state index contributed by atoms with van der Waals surface area (Å²) in [7, 11) is 0. The first-order valence-corrected chi connectivity index (χ1v) is 4.77. The Balaban J connectivity index is 3.13. The predicted molar refractivity (Wildman–Crippen MR) is 52.1 cm³/mol. The van der Waals surface area contributed by atoms with Crippen LogP contribution in [-0.2, 0) is 0 Å². The lowest BCUT2D eigenvalue weighted by molar-refractivity contribution is 0.309. The topological polar surface area (TPSA) is 12.0 Å². The first-order valence-electron chi connectivity index (χ1n) is 4.77. The SMILES string of the molecule is C/C=C\CC(F)CCCNCC. The summed E-state index contributed by atoms with van der Waals surface area (Å²) in [5, 5.41) is 3.18. The fourth-order valence-corrected chi connectivity index (χ4v) is 1.03. The van der Waals surface area contributed by atoms with Crippen LogP contribution in [0.3, 0.4) is 0 Å². The lowest BCUT2D eigenvalue weighted by Gasteiger charge is -2.04. The summed E-state index contributed by atoms with van der Waals surface area (Å²) >= 11 is 0. The number of hydrogen-bond donors (Lipinski definition) is 1. The van der Waals surface area contributed by atoms with Gasteiger partial charge in [-0.25, -0.2) is 4.39 Å². The second-order valence-electron chi connectivity index (χ2n) is 2.90. The average molecular weight is 173 g/mol. The van der Waals surface area contributed by atoms with Gasteiger partial charge in [0, 0.05) is 0 Å². The highest BCUT2D eigenvalue weighted by Crippen LogP contribution is 2.06. The Morgan fingerprint density at radius 2 is 2.25 bits per heavy atom. The van der Waals surface area contributed by atoms with Crippen LogP contribution < -0.4 is 5.32 Å². The number of allylic oxidation sites excluding steroid dienone is 2. The molecule has 72 valence electrons. The van der Waals surface area contributed by atoms with Gasteiger partial charge in [-0.2, -0.15) is 0 Å². The van der Waals surface area contributed by atoms with Gasteiger partial charge in [-0.15, -0.1) is 0 Å². The third kappa shape index (κ3) is 7.73. The first-order chi connectivity index (χ1) is 5.81. The molecule has 0 aliphatic rings. The molecule has 0 amide bonds. The van der Waals surface area contributed by atoms with E-state index in [4.69, 9.17) is 0 Å². The molecule has 0 bridgehead atoms. The molecule has 0 aromatic heterocycles. The Labute approximate surface area is 75.0 Å². The van der Waals surface area contributed by atoms with Gasteiger partial charge in [0.1, 0.15) is 6.17 Å². The van der Waals surface area contributed by atoms with Crippen LogP contribution in [0.2, 0.25) is 0 Å². The molecule has 0 rings (SSSR count). The maximum absolute atomic E-state index is 12.9. The van der Waals surface area contributed by atoms with Gasteiger partial charge < -0.3 is 5.32 Å². The Morgan fingerprint density at radius 1 is 1.50 bits per heavy atom. The number of nitrogens with one attached hydrogen (secondary N) is 1. The zero-order valence-electron chi connectivity index (χ0n) is 8.15. The summed E-state index contributed by atoms with van der Waals surface area (Å²) in [6, 6.07) is 0. The van der Waals surface area contributed by atoms with Crippen molar-refractivity contribution in [3.05, 3.63) is 12.2 Å². The van der Waals surface area contributed by atoms with E-state index in [1.807, 2.05) is 19.1 Å². The van der Waals surface area contributed by atoms with Gasteiger partial charge in [-0.05, 0) is 39.3 Å². The highest BCUT2D eigenvalue weighted by Gasteiger charge is 2.02. The molecule has 0 aliphatic heterocycles.